The summed E-state index contributed by atoms with van der Waals surface area (Å²) in [5, 5.41) is 16.9. The van der Waals surface area contributed by atoms with Gasteiger partial charge in [0.05, 0.1) is 22.1 Å². The van der Waals surface area contributed by atoms with Gasteiger partial charge in [0.1, 0.15) is 0 Å². The number of carbonyl (C=O) groups is 2. The summed E-state index contributed by atoms with van der Waals surface area (Å²) >= 11 is 0. The molecule has 0 fully saturated rings. The number of halogens is 2. The Hall–Kier alpha value is -3.68. The minimum Gasteiger partial charge on any atom is -0.502 e. The summed E-state index contributed by atoms with van der Waals surface area (Å²) in [5.41, 5.74) is 3.80. The smallest absolute Gasteiger partial charge is 0.262 e. The summed E-state index contributed by atoms with van der Waals surface area (Å²) in [6.45, 7) is 0. The molecule has 0 saturated carbocycles. The van der Waals surface area contributed by atoms with Gasteiger partial charge in [-0.15, -0.1) is 0 Å². The molecule has 2 aromatic carbocycles. The van der Waals surface area contributed by atoms with Gasteiger partial charge in [0.15, 0.2) is 0 Å². The molecule has 1 aromatic heterocycles. The van der Waals surface area contributed by atoms with Gasteiger partial charge in [-0.25, -0.2) is 9.97 Å². The monoisotopic (exact) mass is 356 g/mol. The summed E-state index contributed by atoms with van der Waals surface area (Å²) in [7, 11) is 0. The van der Waals surface area contributed by atoms with E-state index in [1.807, 2.05) is 48.5 Å². The summed E-state index contributed by atoms with van der Waals surface area (Å²) in [6.07, 6.45) is 0. The first-order chi connectivity index (χ1) is 12.4. The predicted molar refractivity (Wildman–Crippen MR) is 88.6 cm³/mol. The SMILES string of the molecule is O=C1C(O)=C(F)C(=O)C(O)=C1F.c1ccc2nc3ccccc3nc2c1. The molecule has 0 amide bonds. The van der Waals surface area contributed by atoms with E-state index in [9.17, 15) is 18.4 Å². The number of benzene rings is 2. The number of rotatable bonds is 0. The molecule has 2 N–H and O–H groups in total. The zero-order valence-corrected chi connectivity index (χ0v) is 13.0. The summed E-state index contributed by atoms with van der Waals surface area (Å²) in [6, 6.07) is 15.8. The zero-order valence-electron chi connectivity index (χ0n) is 13.0. The average Bonchev–Trinajstić information content (AvgIpc) is 2.68. The second-order valence-electron chi connectivity index (χ2n) is 5.18. The number of allylic oxidation sites excluding steroid dienone is 2. The van der Waals surface area contributed by atoms with Crippen LogP contribution in [0.25, 0.3) is 22.1 Å². The molecule has 26 heavy (non-hydrogen) atoms. The summed E-state index contributed by atoms with van der Waals surface area (Å²) in [4.78, 5) is 29.8. The van der Waals surface area contributed by atoms with Crippen molar-refractivity contribution in [3.63, 3.8) is 0 Å². The van der Waals surface area contributed by atoms with Crippen molar-refractivity contribution in [3.05, 3.63) is 71.7 Å². The molecular formula is C18H10F2N2O4. The first-order valence-corrected chi connectivity index (χ1v) is 7.28. The lowest BCUT2D eigenvalue weighted by atomic mass is 10.1. The lowest BCUT2D eigenvalue weighted by molar-refractivity contribution is -0.122. The molecule has 1 aliphatic carbocycles. The number of hydrogen-bond acceptors (Lipinski definition) is 6. The first-order valence-electron chi connectivity index (χ1n) is 7.28. The van der Waals surface area contributed by atoms with Gasteiger partial charge in [0.25, 0.3) is 11.6 Å². The van der Waals surface area contributed by atoms with Gasteiger partial charge in [0, 0.05) is 0 Å². The number of ketones is 2. The van der Waals surface area contributed by atoms with E-state index in [0.717, 1.165) is 22.1 Å². The average molecular weight is 356 g/mol. The molecule has 1 heterocycles. The van der Waals surface area contributed by atoms with Crippen molar-refractivity contribution in [3.8, 4) is 0 Å². The molecule has 1 aliphatic rings. The van der Waals surface area contributed by atoms with Crippen LogP contribution in [0.4, 0.5) is 8.78 Å². The van der Waals surface area contributed by atoms with Gasteiger partial charge < -0.3 is 10.2 Å². The molecule has 0 atom stereocenters. The van der Waals surface area contributed by atoms with Crippen molar-refractivity contribution in [2.75, 3.05) is 0 Å². The molecule has 0 saturated heterocycles. The van der Waals surface area contributed by atoms with E-state index in [1.54, 1.807) is 0 Å². The molecule has 0 spiro atoms. The zero-order chi connectivity index (χ0) is 18.8. The molecule has 0 aliphatic heterocycles. The Morgan fingerprint density at radius 3 is 1.15 bits per heavy atom. The minimum atomic E-state index is -1.85. The molecule has 0 unspecified atom stereocenters. The summed E-state index contributed by atoms with van der Waals surface area (Å²) < 4.78 is 24.7. The van der Waals surface area contributed by atoms with Crippen LogP contribution in [0.2, 0.25) is 0 Å². The van der Waals surface area contributed by atoms with Gasteiger partial charge in [-0.1, -0.05) is 24.3 Å². The van der Waals surface area contributed by atoms with Crippen LogP contribution in [0, 0.1) is 0 Å². The maximum atomic E-state index is 12.3. The van der Waals surface area contributed by atoms with Crippen molar-refractivity contribution in [2.45, 2.75) is 0 Å². The molecule has 8 heteroatoms. The van der Waals surface area contributed by atoms with E-state index in [0.29, 0.717) is 0 Å². The number of para-hydroxylation sites is 4. The number of Topliss-reactive ketones (excluding diaryl/α,β-unsaturated/α-hetero) is 2. The number of aliphatic hydroxyl groups is 2. The number of aromatic nitrogens is 2. The third-order valence-corrected chi connectivity index (χ3v) is 3.49. The first kappa shape index (κ1) is 17.2. The Labute approximate surface area is 144 Å². The van der Waals surface area contributed by atoms with Gasteiger partial charge in [-0.05, 0) is 24.3 Å². The number of fused-ring (bicyclic) bond motifs is 2. The van der Waals surface area contributed by atoms with Crippen LogP contribution >= 0.6 is 0 Å². The minimum absolute atomic E-state index is 0.950. The number of hydrogen-bond donors (Lipinski definition) is 2. The third kappa shape index (κ3) is 3.00. The van der Waals surface area contributed by atoms with E-state index >= 15 is 0 Å². The highest BCUT2D eigenvalue weighted by molar-refractivity contribution is 6.21. The second kappa shape index (κ2) is 6.67. The standard InChI is InChI=1S/C12H8N2.C6H2F2O4/c1-2-6-10-9(5-1)13-11-7-3-4-8-12(11)14-10;7-1-3(9)5(11)2(8)6(12)4(1)10/h1-8H;9,12H. The number of carbonyl (C=O) groups excluding carboxylic acids is 2. The topological polar surface area (TPSA) is 100 Å². The maximum Gasteiger partial charge on any atom is 0.262 e. The highest BCUT2D eigenvalue weighted by atomic mass is 19.1. The van der Waals surface area contributed by atoms with Crippen LogP contribution in [0.15, 0.2) is 71.7 Å². The molecule has 6 nitrogen and oxygen atoms in total. The van der Waals surface area contributed by atoms with Crippen LogP contribution in [0.3, 0.4) is 0 Å². The Morgan fingerprint density at radius 1 is 0.615 bits per heavy atom. The highest BCUT2D eigenvalue weighted by Crippen LogP contribution is 2.23. The third-order valence-electron chi connectivity index (χ3n) is 3.49. The number of nitrogens with zero attached hydrogens (tertiary/aromatic N) is 2. The van der Waals surface area contributed by atoms with Crippen LogP contribution in [0.5, 0.6) is 0 Å². The number of aliphatic hydroxyl groups excluding tert-OH is 2. The molecule has 0 bridgehead atoms. The van der Waals surface area contributed by atoms with E-state index < -0.39 is 34.7 Å². The Kier molecular flexibility index (Phi) is 4.40. The lowest BCUT2D eigenvalue weighted by Gasteiger charge is -2.06. The van der Waals surface area contributed by atoms with Crippen LogP contribution in [-0.2, 0) is 9.59 Å². The molecule has 4 rings (SSSR count). The van der Waals surface area contributed by atoms with Gasteiger partial charge in [-0.2, -0.15) is 8.78 Å². The van der Waals surface area contributed by atoms with E-state index in [4.69, 9.17) is 10.2 Å². The maximum absolute atomic E-state index is 12.3. The normalized spacial score (nSPS) is 14.7. The van der Waals surface area contributed by atoms with Crippen LogP contribution in [-0.4, -0.2) is 31.7 Å². The van der Waals surface area contributed by atoms with Crippen LogP contribution < -0.4 is 0 Å². The van der Waals surface area contributed by atoms with E-state index in [2.05, 4.69) is 9.97 Å². The Balaban J connectivity index is 0.000000153. The van der Waals surface area contributed by atoms with Crippen molar-refractivity contribution in [2.24, 2.45) is 0 Å². The fourth-order valence-electron chi connectivity index (χ4n) is 2.19. The van der Waals surface area contributed by atoms with E-state index in [1.165, 1.54) is 0 Å². The Morgan fingerprint density at radius 2 is 0.885 bits per heavy atom. The van der Waals surface area contributed by atoms with Crippen LogP contribution in [0.1, 0.15) is 0 Å². The van der Waals surface area contributed by atoms with Crippen molar-refractivity contribution < 1.29 is 28.6 Å². The molecule has 3 aromatic rings. The summed E-state index contributed by atoms with van der Waals surface area (Å²) in [5.74, 6) is -10.4. The van der Waals surface area contributed by atoms with Crippen molar-refractivity contribution >= 4 is 33.6 Å². The lowest BCUT2D eigenvalue weighted by Crippen LogP contribution is -2.20. The predicted octanol–water partition coefficient (Wildman–Crippen LogP) is 3.40. The van der Waals surface area contributed by atoms with Gasteiger partial charge in [0.2, 0.25) is 23.2 Å². The van der Waals surface area contributed by atoms with E-state index in [-0.39, 0.29) is 0 Å². The largest absolute Gasteiger partial charge is 0.502 e. The molecular weight excluding hydrogens is 346 g/mol. The fourth-order valence-corrected chi connectivity index (χ4v) is 2.19. The van der Waals surface area contributed by atoms with Gasteiger partial charge in [-0.3, -0.25) is 9.59 Å². The quantitative estimate of drug-likeness (QED) is 0.473. The molecule has 0 radical (unpaired) electrons. The fraction of sp³-hybridized carbons (Fsp3) is 0. The highest BCUT2D eigenvalue weighted by Gasteiger charge is 2.35. The second-order valence-corrected chi connectivity index (χ2v) is 5.18. The van der Waals surface area contributed by atoms with Crippen molar-refractivity contribution in [1.82, 2.24) is 9.97 Å². The molecule has 130 valence electrons. The van der Waals surface area contributed by atoms with Crippen molar-refractivity contribution in [1.29, 1.82) is 0 Å². The Bertz CT molecular complexity index is 955. The van der Waals surface area contributed by atoms with Gasteiger partial charge >= 0.3 is 0 Å².